The first-order valence-electron chi connectivity index (χ1n) is 9.63. The van der Waals surface area contributed by atoms with E-state index in [9.17, 15) is 9.59 Å². The molecule has 1 saturated heterocycles. The molecule has 3 rings (SSSR count). The summed E-state index contributed by atoms with van der Waals surface area (Å²) >= 11 is 0. The molecule has 2 fully saturated rings. The number of carbonyl (C=O) groups is 2. The third kappa shape index (κ3) is 4.41. The van der Waals surface area contributed by atoms with Gasteiger partial charge in [-0.1, -0.05) is 24.5 Å². The lowest BCUT2D eigenvalue weighted by atomic mass is 9.77. The van der Waals surface area contributed by atoms with E-state index in [4.69, 9.17) is 10.5 Å². The van der Waals surface area contributed by atoms with Gasteiger partial charge in [-0.3, -0.25) is 9.59 Å². The van der Waals surface area contributed by atoms with Gasteiger partial charge in [-0.2, -0.15) is 0 Å². The predicted molar refractivity (Wildman–Crippen MR) is 95.3 cm³/mol. The highest BCUT2D eigenvalue weighted by Crippen LogP contribution is 2.38. The second-order valence-corrected chi connectivity index (χ2v) is 7.40. The van der Waals surface area contributed by atoms with Crippen molar-refractivity contribution in [1.82, 2.24) is 19.9 Å². The third-order valence-electron chi connectivity index (χ3n) is 5.69. The first-order chi connectivity index (χ1) is 12.6. The molecule has 26 heavy (non-hydrogen) atoms. The minimum atomic E-state index is -0.543. The van der Waals surface area contributed by atoms with Gasteiger partial charge in [0.2, 0.25) is 11.8 Å². The van der Waals surface area contributed by atoms with Gasteiger partial charge in [0.15, 0.2) is 0 Å². The number of hydrogen-bond donors (Lipinski definition) is 1. The van der Waals surface area contributed by atoms with Gasteiger partial charge in [0.1, 0.15) is 6.04 Å². The molecule has 0 radical (unpaired) electrons. The molecule has 0 unspecified atom stereocenters. The van der Waals surface area contributed by atoms with Crippen LogP contribution in [0.15, 0.2) is 6.20 Å². The van der Waals surface area contributed by atoms with Gasteiger partial charge in [0.25, 0.3) is 0 Å². The van der Waals surface area contributed by atoms with E-state index >= 15 is 0 Å². The molecule has 1 aliphatic carbocycles. The van der Waals surface area contributed by atoms with E-state index in [1.165, 1.54) is 23.9 Å². The Hall–Kier alpha value is -1.96. The highest BCUT2D eigenvalue weighted by Gasteiger charge is 2.31. The number of primary amides is 1. The van der Waals surface area contributed by atoms with Crippen LogP contribution in [0.1, 0.15) is 63.1 Å². The summed E-state index contributed by atoms with van der Waals surface area (Å²) in [5.41, 5.74) is 6.17. The second kappa shape index (κ2) is 8.62. The molecule has 2 aliphatic rings. The Morgan fingerprint density at radius 1 is 1.27 bits per heavy atom. The zero-order valence-corrected chi connectivity index (χ0v) is 15.5. The summed E-state index contributed by atoms with van der Waals surface area (Å²) in [6.45, 7) is 4.22. The van der Waals surface area contributed by atoms with Gasteiger partial charge < -0.3 is 15.4 Å². The maximum Gasteiger partial charge on any atom is 0.242 e. The molecule has 1 aromatic rings. The minimum absolute atomic E-state index is 0.0412. The molecule has 2 atom stereocenters. The number of aromatic nitrogens is 3. The average molecular weight is 363 g/mol. The molecular formula is C18H29N5O3. The van der Waals surface area contributed by atoms with Gasteiger partial charge in [-0.15, -0.1) is 5.10 Å². The summed E-state index contributed by atoms with van der Waals surface area (Å²) in [7, 11) is 0. The van der Waals surface area contributed by atoms with E-state index in [1.54, 1.807) is 13.1 Å². The number of morpholine rings is 1. The number of amides is 2. The topological polar surface area (TPSA) is 103 Å². The van der Waals surface area contributed by atoms with E-state index in [0.29, 0.717) is 38.6 Å². The SMILES string of the molecule is C[C@H](C(N)=O)n1cc([C@@H](CC(=O)N2CCOCC2)C2CCCCC2)nn1. The van der Waals surface area contributed by atoms with Crippen molar-refractivity contribution >= 4 is 11.8 Å². The smallest absolute Gasteiger partial charge is 0.242 e. The highest BCUT2D eigenvalue weighted by molar-refractivity contribution is 5.78. The molecule has 1 aliphatic heterocycles. The minimum Gasteiger partial charge on any atom is -0.378 e. The van der Waals surface area contributed by atoms with Crippen molar-refractivity contribution in [3.8, 4) is 0 Å². The van der Waals surface area contributed by atoms with Crippen molar-refractivity contribution in [3.05, 3.63) is 11.9 Å². The lowest BCUT2D eigenvalue weighted by Gasteiger charge is -2.32. The van der Waals surface area contributed by atoms with Crippen LogP contribution < -0.4 is 5.73 Å². The first-order valence-corrected chi connectivity index (χ1v) is 9.63. The maximum atomic E-state index is 12.8. The fourth-order valence-corrected chi connectivity index (χ4v) is 3.96. The molecule has 2 amide bonds. The van der Waals surface area contributed by atoms with E-state index in [2.05, 4.69) is 10.3 Å². The number of hydrogen-bond acceptors (Lipinski definition) is 5. The summed E-state index contributed by atoms with van der Waals surface area (Å²) in [4.78, 5) is 26.1. The quantitative estimate of drug-likeness (QED) is 0.819. The van der Waals surface area contributed by atoms with Crippen LogP contribution in [0.4, 0.5) is 0 Å². The lowest BCUT2D eigenvalue weighted by molar-refractivity contribution is -0.136. The Morgan fingerprint density at radius 2 is 1.96 bits per heavy atom. The molecule has 0 spiro atoms. The van der Waals surface area contributed by atoms with Crippen molar-refractivity contribution < 1.29 is 14.3 Å². The van der Waals surface area contributed by atoms with Crippen LogP contribution in [0.2, 0.25) is 0 Å². The fraction of sp³-hybridized carbons (Fsp3) is 0.778. The summed E-state index contributed by atoms with van der Waals surface area (Å²) in [5, 5.41) is 8.40. The van der Waals surface area contributed by atoms with Crippen LogP contribution in [0, 0.1) is 5.92 Å². The van der Waals surface area contributed by atoms with Gasteiger partial charge in [-0.25, -0.2) is 4.68 Å². The molecule has 1 aromatic heterocycles. The van der Waals surface area contributed by atoms with E-state index in [1.807, 2.05) is 4.90 Å². The molecule has 2 heterocycles. The van der Waals surface area contributed by atoms with Gasteiger partial charge in [0, 0.05) is 31.6 Å². The zero-order valence-electron chi connectivity index (χ0n) is 15.5. The van der Waals surface area contributed by atoms with Gasteiger partial charge >= 0.3 is 0 Å². The Kier molecular flexibility index (Phi) is 6.24. The average Bonchev–Trinajstić information content (AvgIpc) is 3.16. The molecule has 8 nitrogen and oxygen atoms in total. The number of ether oxygens (including phenoxy) is 1. The largest absolute Gasteiger partial charge is 0.378 e. The van der Waals surface area contributed by atoms with E-state index in [0.717, 1.165) is 18.5 Å². The van der Waals surface area contributed by atoms with Gasteiger partial charge in [-0.05, 0) is 25.7 Å². The predicted octanol–water partition coefficient (Wildman–Crippen LogP) is 1.24. The van der Waals surface area contributed by atoms with Crippen LogP contribution >= 0.6 is 0 Å². The number of rotatable bonds is 6. The highest BCUT2D eigenvalue weighted by atomic mass is 16.5. The Bertz CT molecular complexity index is 620. The molecule has 2 N–H and O–H groups in total. The molecule has 0 aromatic carbocycles. The van der Waals surface area contributed by atoms with Crippen LogP contribution in [0.3, 0.4) is 0 Å². The Balaban J connectivity index is 1.76. The van der Waals surface area contributed by atoms with Crippen molar-refractivity contribution in [1.29, 1.82) is 0 Å². The third-order valence-corrected chi connectivity index (χ3v) is 5.69. The fourth-order valence-electron chi connectivity index (χ4n) is 3.96. The van der Waals surface area contributed by atoms with E-state index < -0.39 is 11.9 Å². The standard InChI is InChI=1S/C18H29N5O3/c1-13(18(19)25)23-12-16(20-21-23)15(14-5-3-2-4-6-14)11-17(24)22-7-9-26-10-8-22/h12-15H,2-11H2,1H3,(H2,19,25)/t13-,15+/m1/s1. The molecule has 8 heteroatoms. The molecular weight excluding hydrogens is 334 g/mol. The van der Waals surface area contributed by atoms with Crippen LogP contribution in [-0.2, 0) is 14.3 Å². The number of nitrogens with zero attached hydrogens (tertiary/aromatic N) is 4. The zero-order chi connectivity index (χ0) is 18.5. The molecule has 0 bridgehead atoms. The monoisotopic (exact) mass is 363 g/mol. The summed E-state index contributed by atoms with van der Waals surface area (Å²) in [6.07, 6.45) is 8.09. The van der Waals surface area contributed by atoms with Crippen LogP contribution in [-0.4, -0.2) is 58.0 Å². The number of nitrogens with two attached hydrogens (primary N) is 1. The van der Waals surface area contributed by atoms with Gasteiger partial charge in [0.05, 0.1) is 18.9 Å². The van der Waals surface area contributed by atoms with Crippen molar-refractivity contribution in [2.24, 2.45) is 11.7 Å². The second-order valence-electron chi connectivity index (χ2n) is 7.40. The maximum absolute atomic E-state index is 12.8. The van der Waals surface area contributed by atoms with Crippen molar-refractivity contribution in [3.63, 3.8) is 0 Å². The summed E-state index contributed by atoms with van der Waals surface area (Å²) in [6, 6.07) is -0.543. The van der Waals surface area contributed by atoms with E-state index in [-0.39, 0.29) is 11.8 Å². The Morgan fingerprint density at radius 3 is 2.62 bits per heavy atom. The van der Waals surface area contributed by atoms with Crippen LogP contribution in [0.5, 0.6) is 0 Å². The summed E-state index contributed by atoms with van der Waals surface area (Å²) < 4.78 is 6.85. The molecule has 1 saturated carbocycles. The lowest BCUT2D eigenvalue weighted by Crippen LogP contribution is -2.41. The normalized spacial score (nSPS) is 21.3. The number of carbonyl (C=O) groups excluding carboxylic acids is 2. The first kappa shape index (κ1) is 18.8. The van der Waals surface area contributed by atoms with Crippen molar-refractivity contribution in [2.45, 2.75) is 57.4 Å². The molecule has 144 valence electrons. The Labute approximate surface area is 154 Å². The van der Waals surface area contributed by atoms with Crippen molar-refractivity contribution in [2.75, 3.05) is 26.3 Å². The summed E-state index contributed by atoms with van der Waals surface area (Å²) in [5.74, 6) is 0.184. The van der Waals surface area contributed by atoms with Crippen LogP contribution in [0.25, 0.3) is 0 Å².